The van der Waals surface area contributed by atoms with Gasteiger partial charge in [-0.05, 0) is 73.1 Å². The third-order valence-corrected chi connectivity index (χ3v) is 9.12. The number of likely N-dealkylation sites (N-methyl/N-ethyl adjacent to an activating group) is 1. The first-order valence-corrected chi connectivity index (χ1v) is 16.8. The van der Waals surface area contributed by atoms with E-state index in [1.807, 2.05) is 13.0 Å². The lowest BCUT2D eigenvalue weighted by atomic mass is 9.70. The Bertz CT molecular complexity index is 1530. The van der Waals surface area contributed by atoms with Crippen LogP contribution in [-0.4, -0.2) is 95.0 Å². The molecule has 0 aromatic heterocycles. The molecule has 0 unspecified atom stereocenters. The van der Waals surface area contributed by atoms with E-state index in [0.717, 1.165) is 54.9 Å². The van der Waals surface area contributed by atoms with Crippen molar-refractivity contribution in [1.82, 2.24) is 9.80 Å². The molecular formula is C37H47BN2O8. The summed E-state index contributed by atoms with van der Waals surface area (Å²) in [6.45, 7) is 17.5. The number of hydrogen-bond acceptors (Lipinski definition) is 9. The van der Waals surface area contributed by atoms with Crippen molar-refractivity contribution in [1.29, 1.82) is 0 Å². The van der Waals surface area contributed by atoms with E-state index in [9.17, 15) is 9.59 Å². The molecule has 0 N–H and O–H groups in total. The van der Waals surface area contributed by atoms with Gasteiger partial charge in [-0.2, -0.15) is 0 Å². The van der Waals surface area contributed by atoms with Gasteiger partial charge in [0.05, 0.1) is 32.8 Å². The van der Waals surface area contributed by atoms with Gasteiger partial charge in [0.1, 0.15) is 12.4 Å². The molecule has 48 heavy (non-hydrogen) atoms. The minimum atomic E-state index is -1.96. The molecule has 0 aromatic rings. The van der Waals surface area contributed by atoms with Crippen molar-refractivity contribution in [3.05, 3.63) is 93.5 Å². The van der Waals surface area contributed by atoms with Crippen LogP contribution in [0.25, 0.3) is 0 Å². The zero-order chi connectivity index (χ0) is 34.4. The van der Waals surface area contributed by atoms with E-state index in [1.165, 1.54) is 21.6 Å². The van der Waals surface area contributed by atoms with Crippen LogP contribution in [0.1, 0.15) is 59.3 Å². The fraction of sp³-hybridized carbons (Fsp3) is 0.514. The second-order valence-electron chi connectivity index (χ2n) is 12.5. The Hall–Kier alpha value is -3.96. The Morgan fingerprint density at radius 2 is 1.81 bits per heavy atom. The summed E-state index contributed by atoms with van der Waals surface area (Å²) in [6, 6.07) is 0. The highest BCUT2D eigenvalue weighted by molar-refractivity contribution is 6.29. The fourth-order valence-electron chi connectivity index (χ4n) is 6.44. The van der Waals surface area contributed by atoms with Crippen molar-refractivity contribution < 1.29 is 38.0 Å². The molecule has 11 heteroatoms. The first-order valence-electron chi connectivity index (χ1n) is 16.8. The molecule has 256 valence electrons. The molecule has 1 saturated heterocycles. The number of rotatable bonds is 16. The lowest BCUT2D eigenvalue weighted by Gasteiger charge is -2.41. The van der Waals surface area contributed by atoms with Gasteiger partial charge in [-0.15, -0.1) is 0 Å². The van der Waals surface area contributed by atoms with Gasteiger partial charge in [-0.1, -0.05) is 33.4 Å². The molecular weight excluding hydrogens is 611 g/mol. The first-order chi connectivity index (χ1) is 23.1. The molecule has 10 nitrogen and oxygen atoms in total. The third-order valence-electron chi connectivity index (χ3n) is 9.12. The third kappa shape index (κ3) is 7.37. The van der Waals surface area contributed by atoms with Crippen LogP contribution in [0.15, 0.2) is 93.5 Å². The summed E-state index contributed by atoms with van der Waals surface area (Å²) in [5.41, 5.74) is 5.64. The molecule has 1 atom stereocenters. The largest absolute Gasteiger partial charge is 0.484 e. The van der Waals surface area contributed by atoms with Crippen LogP contribution in [0.3, 0.4) is 0 Å². The number of unbranched alkanes of at least 4 members (excludes halogenated alkanes) is 1. The highest BCUT2D eigenvalue weighted by atomic mass is 16.7. The Morgan fingerprint density at radius 1 is 1.06 bits per heavy atom. The summed E-state index contributed by atoms with van der Waals surface area (Å²) in [7, 11) is 8.39. The molecule has 1 amide bonds. The summed E-state index contributed by atoms with van der Waals surface area (Å²) in [5.74, 6) is 0.842. The van der Waals surface area contributed by atoms with Gasteiger partial charge in [0, 0.05) is 42.7 Å². The maximum atomic E-state index is 13.3. The van der Waals surface area contributed by atoms with Crippen molar-refractivity contribution in [3.63, 3.8) is 0 Å². The zero-order valence-electron chi connectivity index (χ0n) is 28.8. The monoisotopic (exact) mass is 658 g/mol. The van der Waals surface area contributed by atoms with Crippen LogP contribution in [0.4, 0.5) is 0 Å². The molecule has 0 spiro atoms. The molecule has 5 rings (SSSR count). The predicted octanol–water partition coefficient (Wildman–Crippen LogP) is 5.23. The Balaban J connectivity index is 1.33. The van der Waals surface area contributed by atoms with Crippen molar-refractivity contribution in [3.8, 4) is 0 Å². The van der Waals surface area contributed by atoms with Crippen LogP contribution < -0.4 is 0 Å². The molecule has 0 saturated carbocycles. The minimum Gasteiger partial charge on any atom is -0.484 e. The van der Waals surface area contributed by atoms with Crippen LogP contribution >= 0.6 is 0 Å². The number of allylic oxidation sites excluding steroid dienone is 4. The van der Waals surface area contributed by atoms with Crippen LogP contribution in [-0.2, 0) is 38.0 Å². The van der Waals surface area contributed by atoms with Gasteiger partial charge >= 0.3 is 5.97 Å². The molecule has 4 heterocycles. The number of ether oxygens (including phenoxy) is 6. The normalized spacial score (nSPS) is 22.5. The number of nitrogens with zero attached hydrogens (tertiary/aromatic N) is 2. The smallest absolute Gasteiger partial charge is 0.344 e. The summed E-state index contributed by atoms with van der Waals surface area (Å²) in [5, 5.41) is 0. The average Bonchev–Trinajstić information content (AvgIpc) is 3.67. The van der Waals surface area contributed by atoms with Crippen molar-refractivity contribution >= 4 is 19.7 Å². The SMILES string of the molecule is [B][C@@]1(OC(=C)CN(C)C(=O)CCOCCOCCC)C(=O)OCC2=C1C=C1C(C)=C(/C(CCCC)=C3/C=C4OCOC4=CC3)CN1C2=C. The van der Waals surface area contributed by atoms with Crippen molar-refractivity contribution in [2.75, 3.05) is 60.0 Å². The van der Waals surface area contributed by atoms with E-state index in [4.69, 9.17) is 36.3 Å². The van der Waals surface area contributed by atoms with E-state index >= 15 is 0 Å². The summed E-state index contributed by atoms with van der Waals surface area (Å²) >= 11 is 0. The van der Waals surface area contributed by atoms with E-state index in [0.29, 0.717) is 43.2 Å². The summed E-state index contributed by atoms with van der Waals surface area (Å²) < 4.78 is 33.8. The molecule has 2 radical (unpaired) electrons. The lowest BCUT2D eigenvalue weighted by Crippen LogP contribution is -2.51. The van der Waals surface area contributed by atoms with Gasteiger partial charge in [0.2, 0.25) is 12.7 Å². The number of fused-ring (bicyclic) bond motifs is 2. The molecule has 1 aliphatic carbocycles. The standard InChI is InChI=1S/C37H47BN2O8/c1-7-9-10-28(27-11-12-33-34(18-27)47-23-46-33)29-21-40-26(5)30-22-45-36(42)37(38,31(30)19-32(40)25(29)4)48-24(3)20-39(6)35(41)13-15-44-17-16-43-14-8-2/h12,18-19H,3,5,7-11,13-17,20-23H2,1-2,4,6H3/b28-27+/t37-/m0/s1. The molecule has 5 aliphatic rings. The van der Waals surface area contributed by atoms with Crippen LogP contribution in [0, 0.1) is 0 Å². The zero-order valence-corrected chi connectivity index (χ0v) is 28.8. The highest BCUT2D eigenvalue weighted by Crippen LogP contribution is 2.47. The topological polar surface area (TPSA) is 96.0 Å². The Labute approximate surface area is 285 Å². The van der Waals surface area contributed by atoms with Crippen molar-refractivity contribution in [2.45, 2.75) is 64.8 Å². The second kappa shape index (κ2) is 15.5. The van der Waals surface area contributed by atoms with Gasteiger partial charge < -0.3 is 38.2 Å². The molecule has 1 fully saturated rings. The van der Waals surface area contributed by atoms with Gasteiger partial charge in [0.25, 0.3) is 0 Å². The summed E-state index contributed by atoms with van der Waals surface area (Å²) in [4.78, 5) is 29.6. The predicted molar refractivity (Wildman–Crippen MR) is 182 cm³/mol. The number of carbonyl (C=O) groups is 2. The van der Waals surface area contributed by atoms with E-state index in [2.05, 4.69) is 44.1 Å². The van der Waals surface area contributed by atoms with Gasteiger partial charge in [-0.3, -0.25) is 4.79 Å². The number of carbonyl (C=O) groups excluding carboxylic acids is 2. The quantitative estimate of drug-likeness (QED) is 0.0956. The number of esters is 1. The number of amides is 1. The first kappa shape index (κ1) is 35.4. The van der Waals surface area contributed by atoms with Gasteiger partial charge in [-0.25, -0.2) is 4.79 Å². The molecule has 0 aromatic carbocycles. The summed E-state index contributed by atoms with van der Waals surface area (Å²) in [6.07, 6.45) is 11.0. The van der Waals surface area contributed by atoms with Crippen LogP contribution in [0.5, 0.6) is 0 Å². The van der Waals surface area contributed by atoms with E-state index < -0.39 is 11.5 Å². The Kier molecular flexibility index (Phi) is 11.4. The number of cyclic esters (lactones) is 1. The fourth-order valence-corrected chi connectivity index (χ4v) is 6.44. The molecule has 4 aliphatic heterocycles. The Morgan fingerprint density at radius 3 is 2.56 bits per heavy atom. The number of hydrogen-bond donors (Lipinski definition) is 0. The average molecular weight is 659 g/mol. The lowest BCUT2D eigenvalue weighted by molar-refractivity contribution is -0.157. The van der Waals surface area contributed by atoms with Crippen molar-refractivity contribution in [2.24, 2.45) is 0 Å². The second-order valence-corrected chi connectivity index (χ2v) is 12.5. The maximum absolute atomic E-state index is 13.3. The maximum Gasteiger partial charge on any atom is 0.344 e. The van der Waals surface area contributed by atoms with Gasteiger partial charge in [0.15, 0.2) is 24.9 Å². The van der Waals surface area contributed by atoms with E-state index in [-0.39, 0.29) is 44.6 Å². The highest BCUT2D eigenvalue weighted by Gasteiger charge is 2.48. The molecule has 0 bridgehead atoms. The van der Waals surface area contributed by atoms with E-state index in [1.54, 1.807) is 7.05 Å². The minimum absolute atomic E-state index is 0.0269. The van der Waals surface area contributed by atoms with Crippen LogP contribution in [0.2, 0.25) is 0 Å².